The Kier molecular flexibility index (Phi) is 4.98. The molecular weight excluding hydrogens is 258 g/mol. The Morgan fingerprint density at radius 1 is 1.24 bits per heavy atom. The molecule has 0 spiro atoms. The van der Waals surface area contributed by atoms with E-state index in [1.807, 2.05) is 38.1 Å². The van der Waals surface area contributed by atoms with Gasteiger partial charge in [0.2, 0.25) is 0 Å². The van der Waals surface area contributed by atoms with Crippen molar-refractivity contribution in [3.8, 4) is 0 Å². The van der Waals surface area contributed by atoms with Crippen molar-refractivity contribution in [1.29, 1.82) is 0 Å². The van der Waals surface area contributed by atoms with Crippen molar-refractivity contribution >= 4 is 21.4 Å². The molecule has 0 saturated heterocycles. The summed E-state index contributed by atoms with van der Waals surface area (Å²) in [6.07, 6.45) is 1.25. The van der Waals surface area contributed by atoms with E-state index in [0.29, 0.717) is 5.02 Å². The normalized spacial score (nSPS) is 15.5. The lowest BCUT2D eigenvalue weighted by molar-refractivity contribution is 0.501. The van der Waals surface area contributed by atoms with Gasteiger partial charge in [-0.2, -0.15) is 0 Å². The molecule has 96 valence electrons. The highest BCUT2D eigenvalue weighted by atomic mass is 35.5. The molecule has 0 fully saturated rings. The van der Waals surface area contributed by atoms with Crippen LogP contribution in [0.5, 0.6) is 0 Å². The highest BCUT2D eigenvalue weighted by Gasteiger charge is 2.13. The molecule has 0 radical (unpaired) electrons. The van der Waals surface area contributed by atoms with E-state index in [-0.39, 0.29) is 17.8 Å². The molecule has 1 aromatic rings. The van der Waals surface area contributed by atoms with Crippen molar-refractivity contribution in [3.05, 3.63) is 34.9 Å². The number of nitrogens with one attached hydrogen (secondary N) is 1. The van der Waals surface area contributed by atoms with Crippen molar-refractivity contribution in [2.24, 2.45) is 0 Å². The third kappa shape index (κ3) is 5.52. The van der Waals surface area contributed by atoms with Crippen molar-refractivity contribution in [2.75, 3.05) is 12.0 Å². The summed E-state index contributed by atoms with van der Waals surface area (Å²) in [5, 5.41) is 3.95. The molecule has 0 amide bonds. The molecule has 2 atom stereocenters. The third-order valence-corrected chi connectivity index (χ3v) is 3.81. The molecule has 0 aromatic heterocycles. The van der Waals surface area contributed by atoms with Crippen LogP contribution in [0.15, 0.2) is 24.3 Å². The van der Waals surface area contributed by atoms with E-state index in [0.717, 1.165) is 5.56 Å². The van der Waals surface area contributed by atoms with Gasteiger partial charge in [-0.15, -0.1) is 0 Å². The number of sulfone groups is 1. The van der Waals surface area contributed by atoms with Gasteiger partial charge in [0.05, 0.1) is 5.75 Å². The summed E-state index contributed by atoms with van der Waals surface area (Å²) in [5.74, 6) is 0.144. The first-order valence-electron chi connectivity index (χ1n) is 5.47. The highest BCUT2D eigenvalue weighted by Crippen LogP contribution is 2.16. The van der Waals surface area contributed by atoms with Gasteiger partial charge < -0.3 is 5.32 Å². The summed E-state index contributed by atoms with van der Waals surface area (Å²) in [6, 6.07) is 7.56. The van der Waals surface area contributed by atoms with E-state index in [1.165, 1.54) is 6.26 Å². The second-order valence-electron chi connectivity index (χ2n) is 4.43. The topological polar surface area (TPSA) is 46.2 Å². The van der Waals surface area contributed by atoms with Gasteiger partial charge in [0.15, 0.2) is 0 Å². The van der Waals surface area contributed by atoms with Gasteiger partial charge >= 0.3 is 0 Å². The first-order valence-corrected chi connectivity index (χ1v) is 7.91. The molecule has 5 heteroatoms. The summed E-state index contributed by atoms with van der Waals surface area (Å²) >= 11 is 5.81. The Balaban J connectivity index is 2.60. The average molecular weight is 276 g/mol. The molecule has 0 heterocycles. The molecule has 0 aliphatic heterocycles. The number of halogens is 1. The predicted molar refractivity (Wildman–Crippen MR) is 72.2 cm³/mol. The third-order valence-electron chi connectivity index (χ3n) is 2.46. The molecule has 0 aliphatic rings. The number of hydrogen-bond acceptors (Lipinski definition) is 3. The minimum atomic E-state index is -2.94. The molecular formula is C12H18ClNO2S. The second-order valence-corrected chi connectivity index (χ2v) is 7.05. The van der Waals surface area contributed by atoms with Crippen LogP contribution in [-0.4, -0.2) is 26.5 Å². The Hall–Kier alpha value is -0.580. The zero-order valence-corrected chi connectivity index (χ0v) is 11.8. The molecule has 1 N–H and O–H groups in total. The lowest BCUT2D eigenvalue weighted by atomic mass is 10.1. The average Bonchev–Trinajstić information content (AvgIpc) is 2.15. The van der Waals surface area contributed by atoms with Gasteiger partial charge in [-0.05, 0) is 31.5 Å². The molecule has 0 bridgehead atoms. The minimum absolute atomic E-state index is 0.0734. The summed E-state index contributed by atoms with van der Waals surface area (Å²) in [4.78, 5) is 0. The van der Waals surface area contributed by atoms with E-state index in [9.17, 15) is 8.42 Å². The zero-order chi connectivity index (χ0) is 13.1. The van der Waals surface area contributed by atoms with Gasteiger partial charge in [0, 0.05) is 23.4 Å². The highest BCUT2D eigenvalue weighted by molar-refractivity contribution is 7.90. The molecule has 1 rings (SSSR count). The van der Waals surface area contributed by atoms with Crippen LogP contribution in [0.3, 0.4) is 0 Å². The van der Waals surface area contributed by atoms with Crippen LogP contribution >= 0.6 is 11.6 Å². The lowest BCUT2D eigenvalue weighted by Crippen LogP contribution is -2.34. The first-order chi connectivity index (χ1) is 7.78. The van der Waals surface area contributed by atoms with Crippen LogP contribution in [0.4, 0.5) is 0 Å². The van der Waals surface area contributed by atoms with Gasteiger partial charge in [-0.1, -0.05) is 23.7 Å². The fraction of sp³-hybridized carbons (Fsp3) is 0.500. The molecule has 2 unspecified atom stereocenters. The second kappa shape index (κ2) is 5.85. The van der Waals surface area contributed by atoms with Crippen molar-refractivity contribution < 1.29 is 8.42 Å². The smallest absolute Gasteiger partial charge is 0.148 e. The fourth-order valence-corrected chi connectivity index (χ4v) is 2.91. The predicted octanol–water partition coefficient (Wildman–Crippen LogP) is 2.42. The summed E-state index contributed by atoms with van der Waals surface area (Å²) < 4.78 is 22.3. The Labute approximate surface area is 108 Å². The van der Waals surface area contributed by atoms with E-state index >= 15 is 0 Å². The first kappa shape index (κ1) is 14.5. The molecule has 1 aromatic carbocycles. The van der Waals surface area contributed by atoms with Crippen LogP contribution in [0, 0.1) is 0 Å². The Bertz CT molecular complexity index is 456. The van der Waals surface area contributed by atoms with Gasteiger partial charge in [-0.25, -0.2) is 8.42 Å². The largest absolute Gasteiger partial charge is 0.307 e. The quantitative estimate of drug-likeness (QED) is 0.898. The Morgan fingerprint density at radius 2 is 1.76 bits per heavy atom. The van der Waals surface area contributed by atoms with Crippen LogP contribution in [0.25, 0.3) is 0 Å². The molecule has 0 aliphatic carbocycles. The van der Waals surface area contributed by atoms with Crippen LogP contribution < -0.4 is 5.32 Å². The van der Waals surface area contributed by atoms with Crippen molar-refractivity contribution in [1.82, 2.24) is 5.32 Å². The number of benzene rings is 1. The maximum atomic E-state index is 11.1. The lowest BCUT2D eigenvalue weighted by Gasteiger charge is -2.19. The van der Waals surface area contributed by atoms with Gasteiger partial charge in [-0.3, -0.25) is 0 Å². The number of hydrogen-bond donors (Lipinski definition) is 1. The van der Waals surface area contributed by atoms with Crippen LogP contribution in [-0.2, 0) is 9.84 Å². The molecule has 0 saturated carbocycles. The van der Waals surface area contributed by atoms with E-state index in [1.54, 1.807) is 0 Å². The number of rotatable bonds is 5. The minimum Gasteiger partial charge on any atom is -0.307 e. The summed E-state index contributed by atoms with van der Waals surface area (Å²) in [5.41, 5.74) is 1.09. The van der Waals surface area contributed by atoms with E-state index < -0.39 is 9.84 Å². The standard InChI is InChI=1S/C12H18ClNO2S/c1-9(8-17(3,15)16)14-10(2)11-4-6-12(13)7-5-11/h4-7,9-10,14H,8H2,1-3H3. The van der Waals surface area contributed by atoms with E-state index in [4.69, 9.17) is 11.6 Å². The van der Waals surface area contributed by atoms with Crippen LogP contribution in [0.2, 0.25) is 5.02 Å². The van der Waals surface area contributed by atoms with Gasteiger partial charge in [0.25, 0.3) is 0 Å². The summed E-state index contributed by atoms with van der Waals surface area (Å²) in [7, 11) is -2.94. The van der Waals surface area contributed by atoms with Gasteiger partial charge in [0.1, 0.15) is 9.84 Å². The molecule has 17 heavy (non-hydrogen) atoms. The maximum Gasteiger partial charge on any atom is 0.148 e. The fourth-order valence-electron chi connectivity index (χ4n) is 1.78. The SMILES string of the molecule is CC(CS(C)(=O)=O)NC(C)c1ccc(Cl)cc1. The van der Waals surface area contributed by atoms with Crippen molar-refractivity contribution in [3.63, 3.8) is 0 Å². The monoisotopic (exact) mass is 275 g/mol. The summed E-state index contributed by atoms with van der Waals surface area (Å²) in [6.45, 7) is 3.87. The molecule has 3 nitrogen and oxygen atoms in total. The van der Waals surface area contributed by atoms with Crippen molar-refractivity contribution in [2.45, 2.75) is 25.9 Å². The zero-order valence-electron chi connectivity index (χ0n) is 10.3. The Morgan fingerprint density at radius 3 is 2.24 bits per heavy atom. The van der Waals surface area contributed by atoms with Crippen LogP contribution in [0.1, 0.15) is 25.5 Å². The van der Waals surface area contributed by atoms with E-state index in [2.05, 4.69) is 5.32 Å². The maximum absolute atomic E-state index is 11.1.